The topological polar surface area (TPSA) is 64.7 Å². The Balaban J connectivity index is 1.30. The molecule has 0 saturated carbocycles. The van der Waals surface area contributed by atoms with Crippen LogP contribution in [0.4, 0.5) is 0 Å². The molecule has 0 fully saturated rings. The molecule has 47 heavy (non-hydrogen) atoms. The molecule has 0 amide bonds. The van der Waals surface area contributed by atoms with Crippen LogP contribution in [0.3, 0.4) is 0 Å². The lowest BCUT2D eigenvalue weighted by molar-refractivity contribution is 0.668. The fourth-order valence-electron chi connectivity index (χ4n) is 6.27. The number of hydrogen-bond acceptors (Lipinski definition) is 5. The van der Waals surface area contributed by atoms with Crippen LogP contribution in [-0.4, -0.2) is 19.9 Å². The van der Waals surface area contributed by atoms with Crippen molar-refractivity contribution in [3.05, 3.63) is 158 Å². The summed E-state index contributed by atoms with van der Waals surface area (Å²) in [6.07, 6.45) is 1.80. The Morgan fingerprint density at radius 2 is 1.02 bits per heavy atom. The van der Waals surface area contributed by atoms with Gasteiger partial charge in [-0.2, -0.15) is 0 Å². The first-order valence-electron chi connectivity index (χ1n) is 15.5. The molecular formula is C42H26N4O. The van der Waals surface area contributed by atoms with Gasteiger partial charge < -0.3 is 4.42 Å². The van der Waals surface area contributed by atoms with Gasteiger partial charge in [0.05, 0.1) is 0 Å². The zero-order chi connectivity index (χ0) is 31.2. The van der Waals surface area contributed by atoms with Crippen molar-refractivity contribution in [2.24, 2.45) is 0 Å². The molecule has 0 aliphatic rings. The quantitative estimate of drug-likeness (QED) is 0.196. The molecule has 0 bridgehead atoms. The summed E-state index contributed by atoms with van der Waals surface area (Å²) in [6, 6.07) is 51.9. The predicted octanol–water partition coefficient (Wildman–Crippen LogP) is 10.7. The Labute approximate surface area is 270 Å². The molecule has 3 aromatic heterocycles. The van der Waals surface area contributed by atoms with E-state index in [-0.39, 0.29) is 0 Å². The lowest BCUT2D eigenvalue weighted by Crippen LogP contribution is -2.00. The van der Waals surface area contributed by atoms with E-state index >= 15 is 0 Å². The maximum absolute atomic E-state index is 6.10. The molecule has 0 atom stereocenters. The van der Waals surface area contributed by atoms with Crippen LogP contribution in [0.1, 0.15) is 0 Å². The Kier molecular flexibility index (Phi) is 6.39. The minimum absolute atomic E-state index is 0.609. The number of hydrogen-bond donors (Lipinski definition) is 0. The molecule has 5 heteroatoms. The molecule has 0 N–H and O–H groups in total. The Bertz CT molecular complexity index is 2510. The normalized spacial score (nSPS) is 11.4. The number of pyridine rings is 1. The van der Waals surface area contributed by atoms with Crippen molar-refractivity contribution in [1.29, 1.82) is 0 Å². The molecule has 0 radical (unpaired) electrons. The standard InChI is InChI=1S/C42H26N4O/c1-3-12-28(13-4-1)40-44-41(29-14-5-2-6-15-29)46-42(45-40)33-24-31(23-32(25-33)35-18-9-16-27-11-7-8-17-34(27)35)30-20-21-37-36(26-30)39-38(47-37)19-10-22-43-39/h1-26H. The van der Waals surface area contributed by atoms with Gasteiger partial charge in [0.25, 0.3) is 0 Å². The molecule has 0 aliphatic heterocycles. The van der Waals surface area contributed by atoms with E-state index in [1.54, 1.807) is 6.20 Å². The summed E-state index contributed by atoms with van der Waals surface area (Å²) in [5.74, 6) is 1.87. The number of fused-ring (bicyclic) bond motifs is 4. The Morgan fingerprint density at radius 1 is 0.383 bits per heavy atom. The Morgan fingerprint density at radius 3 is 1.79 bits per heavy atom. The SMILES string of the molecule is c1ccc(-c2nc(-c3ccccc3)nc(-c3cc(-c4ccc5oc6cccnc6c5c4)cc(-c4cccc5ccccc45)c3)n2)cc1. The summed E-state index contributed by atoms with van der Waals surface area (Å²) in [5, 5.41) is 3.35. The summed E-state index contributed by atoms with van der Waals surface area (Å²) in [7, 11) is 0. The van der Waals surface area contributed by atoms with Gasteiger partial charge in [-0.1, -0.05) is 109 Å². The second-order valence-corrected chi connectivity index (χ2v) is 11.5. The van der Waals surface area contributed by atoms with E-state index in [0.29, 0.717) is 17.5 Å². The van der Waals surface area contributed by atoms with E-state index in [0.717, 1.165) is 61.0 Å². The van der Waals surface area contributed by atoms with Crippen molar-refractivity contribution in [2.45, 2.75) is 0 Å². The van der Waals surface area contributed by atoms with Crippen LogP contribution in [0.15, 0.2) is 162 Å². The lowest BCUT2D eigenvalue weighted by Gasteiger charge is -2.14. The van der Waals surface area contributed by atoms with Gasteiger partial charge in [0.15, 0.2) is 23.1 Å². The van der Waals surface area contributed by atoms with Crippen molar-refractivity contribution in [1.82, 2.24) is 19.9 Å². The molecule has 220 valence electrons. The van der Waals surface area contributed by atoms with E-state index in [1.807, 2.05) is 78.9 Å². The molecule has 9 aromatic rings. The molecule has 6 aromatic carbocycles. The van der Waals surface area contributed by atoms with Crippen LogP contribution in [0, 0.1) is 0 Å². The van der Waals surface area contributed by atoms with E-state index in [2.05, 4.69) is 77.8 Å². The third-order valence-electron chi connectivity index (χ3n) is 8.55. The summed E-state index contributed by atoms with van der Waals surface area (Å²) in [6.45, 7) is 0. The van der Waals surface area contributed by atoms with Gasteiger partial charge in [0.2, 0.25) is 0 Å². The second-order valence-electron chi connectivity index (χ2n) is 11.5. The average molecular weight is 603 g/mol. The van der Waals surface area contributed by atoms with Crippen molar-refractivity contribution < 1.29 is 4.42 Å². The smallest absolute Gasteiger partial charge is 0.164 e. The van der Waals surface area contributed by atoms with Gasteiger partial charge in [-0.15, -0.1) is 0 Å². The number of benzene rings is 6. The van der Waals surface area contributed by atoms with E-state index in [4.69, 9.17) is 19.4 Å². The minimum atomic E-state index is 0.609. The zero-order valence-corrected chi connectivity index (χ0v) is 25.2. The predicted molar refractivity (Wildman–Crippen MR) is 190 cm³/mol. The van der Waals surface area contributed by atoms with Crippen molar-refractivity contribution >= 4 is 32.8 Å². The van der Waals surface area contributed by atoms with Crippen LogP contribution in [0.2, 0.25) is 0 Å². The first kappa shape index (κ1) is 26.9. The van der Waals surface area contributed by atoms with Gasteiger partial charge >= 0.3 is 0 Å². The van der Waals surface area contributed by atoms with Crippen molar-refractivity contribution in [2.75, 3.05) is 0 Å². The average Bonchev–Trinajstić information content (AvgIpc) is 3.53. The number of aromatic nitrogens is 4. The molecule has 0 saturated heterocycles. The lowest BCUT2D eigenvalue weighted by atomic mass is 9.92. The Hall–Kier alpha value is -6.46. The fourth-order valence-corrected chi connectivity index (χ4v) is 6.27. The largest absolute Gasteiger partial charge is 0.454 e. The molecule has 5 nitrogen and oxygen atoms in total. The van der Waals surface area contributed by atoms with Crippen LogP contribution in [0.25, 0.3) is 89.3 Å². The van der Waals surface area contributed by atoms with Gasteiger partial charge in [-0.25, -0.2) is 15.0 Å². The highest BCUT2D eigenvalue weighted by atomic mass is 16.3. The van der Waals surface area contributed by atoms with Crippen LogP contribution >= 0.6 is 0 Å². The first-order valence-corrected chi connectivity index (χ1v) is 15.5. The summed E-state index contributed by atoms with van der Waals surface area (Å²) in [4.78, 5) is 19.7. The number of rotatable bonds is 5. The van der Waals surface area contributed by atoms with Gasteiger partial charge in [-0.3, -0.25) is 4.98 Å². The van der Waals surface area contributed by atoms with E-state index in [1.165, 1.54) is 10.8 Å². The first-order chi connectivity index (χ1) is 23.3. The molecule has 3 heterocycles. The monoisotopic (exact) mass is 602 g/mol. The van der Waals surface area contributed by atoms with Gasteiger partial charge in [0.1, 0.15) is 11.1 Å². The third kappa shape index (κ3) is 4.91. The maximum atomic E-state index is 6.10. The second kappa shape index (κ2) is 11.2. The van der Waals surface area contributed by atoms with Crippen LogP contribution in [-0.2, 0) is 0 Å². The molecule has 0 spiro atoms. The van der Waals surface area contributed by atoms with Crippen LogP contribution in [0.5, 0.6) is 0 Å². The van der Waals surface area contributed by atoms with Crippen molar-refractivity contribution in [3.63, 3.8) is 0 Å². The summed E-state index contributed by atoms with van der Waals surface area (Å²) in [5.41, 5.74) is 9.52. The third-order valence-corrected chi connectivity index (χ3v) is 8.55. The van der Waals surface area contributed by atoms with Gasteiger partial charge in [0, 0.05) is 28.3 Å². The fraction of sp³-hybridized carbons (Fsp3) is 0. The molecule has 0 unspecified atom stereocenters. The maximum Gasteiger partial charge on any atom is 0.164 e. The van der Waals surface area contributed by atoms with E-state index < -0.39 is 0 Å². The molecule has 9 rings (SSSR count). The highest BCUT2D eigenvalue weighted by Crippen LogP contribution is 2.38. The summed E-state index contributed by atoms with van der Waals surface area (Å²) >= 11 is 0. The highest BCUT2D eigenvalue weighted by molar-refractivity contribution is 6.04. The molecular weight excluding hydrogens is 576 g/mol. The minimum Gasteiger partial charge on any atom is -0.454 e. The highest BCUT2D eigenvalue weighted by Gasteiger charge is 2.16. The molecule has 0 aliphatic carbocycles. The number of nitrogens with zero attached hydrogens (tertiary/aromatic N) is 4. The van der Waals surface area contributed by atoms with E-state index in [9.17, 15) is 0 Å². The zero-order valence-electron chi connectivity index (χ0n) is 25.2. The van der Waals surface area contributed by atoms with Crippen LogP contribution < -0.4 is 0 Å². The van der Waals surface area contributed by atoms with Gasteiger partial charge in [-0.05, 0) is 75.5 Å². The summed E-state index contributed by atoms with van der Waals surface area (Å²) < 4.78 is 6.10. The number of furan rings is 1. The van der Waals surface area contributed by atoms with Crippen molar-refractivity contribution in [3.8, 4) is 56.4 Å².